The second kappa shape index (κ2) is 11.3. The van der Waals surface area contributed by atoms with Crippen LogP contribution in [0.3, 0.4) is 0 Å². The van der Waals surface area contributed by atoms with E-state index in [1.54, 1.807) is 14.2 Å². The van der Waals surface area contributed by atoms with Gasteiger partial charge < -0.3 is 24.4 Å². The van der Waals surface area contributed by atoms with Crippen molar-refractivity contribution in [2.75, 3.05) is 45.9 Å². The lowest BCUT2D eigenvalue weighted by Crippen LogP contribution is -2.44. The lowest BCUT2D eigenvalue weighted by Gasteiger charge is -2.38. The van der Waals surface area contributed by atoms with Gasteiger partial charge in [0, 0.05) is 55.3 Å². The van der Waals surface area contributed by atoms with Gasteiger partial charge in [-0.3, -0.25) is 4.98 Å². The maximum atomic E-state index is 6.08. The zero-order valence-corrected chi connectivity index (χ0v) is 23.6. The Labute approximate surface area is 232 Å². The number of aromatic nitrogens is 2. The first-order valence-electron chi connectivity index (χ1n) is 14.6. The van der Waals surface area contributed by atoms with E-state index in [1.165, 1.54) is 32.1 Å². The Morgan fingerprint density at radius 2 is 1.62 bits per heavy atom. The number of hydrogen-bond acceptors (Lipinski definition) is 7. The lowest BCUT2D eigenvalue weighted by atomic mass is 9.82. The summed E-state index contributed by atoms with van der Waals surface area (Å²) in [6.45, 7) is 3.08. The van der Waals surface area contributed by atoms with Crippen LogP contribution in [-0.2, 0) is 4.74 Å². The minimum atomic E-state index is 0.0442. The molecule has 0 amide bonds. The average molecular weight is 531 g/mol. The number of nitrogens with one attached hydrogen (secondary N) is 1. The summed E-state index contributed by atoms with van der Waals surface area (Å²) in [6.07, 6.45) is 11.6. The Hall–Kier alpha value is -2.90. The van der Waals surface area contributed by atoms with Crippen LogP contribution < -0.4 is 19.7 Å². The molecule has 3 fully saturated rings. The standard InChI is InChI=1S/C32H42N4O3/c1-37-27-15-26(16-28(18-27)38-2)36(21-22-4-5-22)25-8-9-29-30(17-25)35-31(20-34-29)24-7-6-23(14-24)19-32(39-3)10-12-33-13-11-32/h8-9,15-18,20,22-24,33H,4-7,10-14,19,21H2,1-3H3. The van der Waals surface area contributed by atoms with Gasteiger partial charge in [0.05, 0.1) is 36.5 Å². The van der Waals surface area contributed by atoms with Gasteiger partial charge in [-0.2, -0.15) is 0 Å². The molecule has 39 heavy (non-hydrogen) atoms. The molecule has 3 aromatic rings. The molecule has 2 aliphatic carbocycles. The van der Waals surface area contributed by atoms with Crippen molar-refractivity contribution in [3.8, 4) is 11.5 Å². The van der Waals surface area contributed by atoms with Crippen molar-refractivity contribution < 1.29 is 14.2 Å². The van der Waals surface area contributed by atoms with E-state index in [-0.39, 0.29) is 5.60 Å². The molecule has 208 valence electrons. The van der Waals surface area contributed by atoms with Gasteiger partial charge in [-0.25, -0.2) is 4.98 Å². The quantitative estimate of drug-likeness (QED) is 0.333. The van der Waals surface area contributed by atoms with Crippen molar-refractivity contribution in [3.63, 3.8) is 0 Å². The summed E-state index contributed by atoms with van der Waals surface area (Å²) in [5.41, 5.74) is 5.30. The minimum Gasteiger partial charge on any atom is -0.497 e. The number of anilines is 2. The predicted molar refractivity (Wildman–Crippen MR) is 155 cm³/mol. The maximum absolute atomic E-state index is 6.08. The molecule has 2 saturated carbocycles. The van der Waals surface area contributed by atoms with Crippen molar-refractivity contribution in [1.29, 1.82) is 0 Å². The number of nitrogens with zero attached hydrogens (tertiary/aromatic N) is 3. The molecule has 1 saturated heterocycles. The number of rotatable bonds is 10. The molecule has 2 unspecified atom stereocenters. The fourth-order valence-corrected chi connectivity index (χ4v) is 6.67. The predicted octanol–water partition coefficient (Wildman–Crippen LogP) is 6.24. The molecule has 1 aliphatic heterocycles. The van der Waals surface area contributed by atoms with Crippen LogP contribution in [0.5, 0.6) is 11.5 Å². The largest absolute Gasteiger partial charge is 0.497 e. The summed E-state index contributed by atoms with van der Waals surface area (Å²) >= 11 is 0. The monoisotopic (exact) mass is 530 g/mol. The summed E-state index contributed by atoms with van der Waals surface area (Å²) in [4.78, 5) is 12.4. The average Bonchev–Trinajstić information content (AvgIpc) is 3.70. The van der Waals surface area contributed by atoms with E-state index in [9.17, 15) is 0 Å². The van der Waals surface area contributed by atoms with Crippen LogP contribution >= 0.6 is 0 Å². The first-order chi connectivity index (χ1) is 19.1. The molecule has 6 rings (SSSR count). The van der Waals surface area contributed by atoms with Crippen LogP contribution in [0.2, 0.25) is 0 Å². The molecule has 7 heteroatoms. The Bertz CT molecular complexity index is 1270. The van der Waals surface area contributed by atoms with Gasteiger partial charge in [-0.1, -0.05) is 0 Å². The molecular weight excluding hydrogens is 488 g/mol. The first kappa shape index (κ1) is 26.3. The van der Waals surface area contributed by atoms with Gasteiger partial charge in [-0.15, -0.1) is 0 Å². The molecule has 2 aromatic carbocycles. The van der Waals surface area contributed by atoms with Gasteiger partial charge in [-0.05, 0) is 94.5 Å². The summed E-state index contributed by atoms with van der Waals surface area (Å²) in [7, 11) is 5.30. The van der Waals surface area contributed by atoms with Crippen LogP contribution in [0.4, 0.5) is 11.4 Å². The van der Waals surface area contributed by atoms with E-state index in [1.807, 2.05) is 19.4 Å². The third-order valence-corrected chi connectivity index (χ3v) is 9.21. The molecule has 7 nitrogen and oxygen atoms in total. The number of piperidine rings is 1. The third kappa shape index (κ3) is 5.85. The topological polar surface area (TPSA) is 68.7 Å². The normalized spacial score (nSPS) is 22.6. The van der Waals surface area contributed by atoms with Crippen LogP contribution in [-0.4, -0.2) is 56.5 Å². The highest BCUT2D eigenvalue weighted by atomic mass is 16.5. The number of ether oxygens (including phenoxy) is 3. The highest BCUT2D eigenvalue weighted by molar-refractivity contribution is 5.81. The van der Waals surface area contributed by atoms with Gasteiger partial charge in [0.1, 0.15) is 11.5 Å². The molecule has 0 spiro atoms. The highest BCUT2D eigenvalue weighted by Crippen LogP contribution is 2.44. The van der Waals surface area contributed by atoms with Gasteiger partial charge in [0.2, 0.25) is 0 Å². The Kier molecular flexibility index (Phi) is 7.63. The summed E-state index contributed by atoms with van der Waals surface area (Å²) in [5.74, 6) is 3.46. The summed E-state index contributed by atoms with van der Waals surface area (Å²) < 4.78 is 17.2. The zero-order valence-electron chi connectivity index (χ0n) is 23.6. The second-order valence-electron chi connectivity index (χ2n) is 11.8. The Balaban J connectivity index is 1.24. The molecule has 1 N–H and O–H groups in total. The number of hydrogen-bond donors (Lipinski definition) is 1. The van der Waals surface area contributed by atoms with E-state index < -0.39 is 0 Å². The SMILES string of the molecule is COc1cc(OC)cc(N(CC2CC2)c2ccc3ncc(C4CCC(CC5(OC)CCNCC5)C4)nc3c2)c1. The van der Waals surface area contributed by atoms with E-state index in [0.717, 1.165) is 78.5 Å². The van der Waals surface area contributed by atoms with E-state index in [0.29, 0.717) is 17.8 Å². The zero-order chi connectivity index (χ0) is 26.8. The van der Waals surface area contributed by atoms with Crippen molar-refractivity contribution in [3.05, 3.63) is 48.3 Å². The Morgan fingerprint density at radius 1 is 0.872 bits per heavy atom. The van der Waals surface area contributed by atoms with Crippen molar-refractivity contribution in [1.82, 2.24) is 15.3 Å². The van der Waals surface area contributed by atoms with E-state index in [4.69, 9.17) is 24.2 Å². The molecule has 3 aliphatic rings. The number of methoxy groups -OCH3 is 3. The fraction of sp³-hybridized carbons (Fsp3) is 0.562. The molecule has 1 aromatic heterocycles. The number of benzene rings is 2. The smallest absolute Gasteiger partial charge is 0.124 e. The van der Waals surface area contributed by atoms with Crippen LogP contribution in [0.25, 0.3) is 11.0 Å². The first-order valence-corrected chi connectivity index (χ1v) is 14.6. The van der Waals surface area contributed by atoms with E-state index in [2.05, 4.69) is 40.5 Å². The number of fused-ring (bicyclic) bond motifs is 1. The highest BCUT2D eigenvalue weighted by Gasteiger charge is 2.38. The van der Waals surface area contributed by atoms with Gasteiger partial charge in [0.15, 0.2) is 0 Å². The van der Waals surface area contributed by atoms with Crippen molar-refractivity contribution in [2.24, 2.45) is 11.8 Å². The van der Waals surface area contributed by atoms with E-state index >= 15 is 0 Å². The molecular formula is C32H42N4O3. The van der Waals surface area contributed by atoms with Crippen LogP contribution in [0.1, 0.15) is 63.0 Å². The minimum absolute atomic E-state index is 0.0442. The fourth-order valence-electron chi connectivity index (χ4n) is 6.67. The molecule has 2 atom stereocenters. The molecule has 0 bridgehead atoms. The summed E-state index contributed by atoms with van der Waals surface area (Å²) in [5, 5.41) is 3.48. The maximum Gasteiger partial charge on any atom is 0.124 e. The van der Waals surface area contributed by atoms with Crippen molar-refractivity contribution in [2.45, 2.75) is 62.9 Å². The summed E-state index contributed by atoms with van der Waals surface area (Å²) in [6, 6.07) is 12.6. The van der Waals surface area contributed by atoms with Crippen LogP contribution in [0.15, 0.2) is 42.6 Å². The molecule has 2 heterocycles. The van der Waals surface area contributed by atoms with Gasteiger partial charge in [0.25, 0.3) is 0 Å². The Morgan fingerprint density at radius 3 is 2.31 bits per heavy atom. The lowest BCUT2D eigenvalue weighted by molar-refractivity contribution is -0.0511. The van der Waals surface area contributed by atoms with Crippen LogP contribution in [0, 0.1) is 11.8 Å². The van der Waals surface area contributed by atoms with Crippen molar-refractivity contribution >= 4 is 22.4 Å². The second-order valence-corrected chi connectivity index (χ2v) is 11.8. The third-order valence-electron chi connectivity index (χ3n) is 9.21. The molecule has 0 radical (unpaired) electrons. The van der Waals surface area contributed by atoms with Gasteiger partial charge >= 0.3 is 0 Å².